The molecule has 72 valence electrons. The number of quaternary nitrogens is 1. The van der Waals surface area contributed by atoms with Crippen LogP contribution in [-0.4, -0.2) is 18.2 Å². The Morgan fingerprint density at radius 1 is 1.31 bits per heavy atom. The lowest BCUT2D eigenvalue weighted by atomic mass is 10.1. The van der Waals surface area contributed by atoms with Crippen LogP contribution in [0.3, 0.4) is 0 Å². The van der Waals surface area contributed by atoms with Gasteiger partial charge in [-0.25, -0.2) is 0 Å². The van der Waals surface area contributed by atoms with Crippen LogP contribution in [0.4, 0.5) is 0 Å². The van der Waals surface area contributed by atoms with Crippen LogP contribution < -0.4 is 4.90 Å². The molecule has 0 saturated heterocycles. The maximum atomic E-state index is 9.06. The molecule has 0 radical (unpaired) electrons. The average molecular weight is 179 g/mol. The number of benzene rings is 1. The summed E-state index contributed by atoms with van der Waals surface area (Å²) < 4.78 is 0. The largest absolute Gasteiger partial charge is 0.508 e. The SMILES string of the molecule is [CH2-][NH+](CC)CCc1ccc(O)cc1. The number of phenolic OH excluding ortho intramolecular Hbond substituents is 1. The highest BCUT2D eigenvalue weighted by Gasteiger charge is 1.96. The lowest BCUT2D eigenvalue weighted by molar-refractivity contribution is -0.851. The van der Waals surface area contributed by atoms with Gasteiger partial charge >= 0.3 is 0 Å². The Labute approximate surface area is 79.8 Å². The number of phenols is 1. The first-order valence-electron chi connectivity index (χ1n) is 4.67. The summed E-state index contributed by atoms with van der Waals surface area (Å²) in [6, 6.07) is 7.37. The van der Waals surface area contributed by atoms with Crippen molar-refractivity contribution in [3.05, 3.63) is 36.9 Å². The van der Waals surface area contributed by atoms with Crippen molar-refractivity contribution >= 4 is 0 Å². The molecule has 1 atom stereocenters. The minimum absolute atomic E-state index is 0.332. The van der Waals surface area contributed by atoms with Gasteiger partial charge in [0, 0.05) is 6.42 Å². The van der Waals surface area contributed by atoms with Crippen molar-refractivity contribution in [1.29, 1.82) is 0 Å². The fraction of sp³-hybridized carbons (Fsp3) is 0.364. The molecule has 13 heavy (non-hydrogen) atoms. The first kappa shape index (κ1) is 10.1. The lowest BCUT2D eigenvalue weighted by Gasteiger charge is -2.18. The Morgan fingerprint density at radius 3 is 2.46 bits per heavy atom. The minimum atomic E-state index is 0.332. The van der Waals surface area contributed by atoms with Crippen molar-refractivity contribution in [3.8, 4) is 5.75 Å². The zero-order valence-corrected chi connectivity index (χ0v) is 8.09. The Balaban J connectivity index is 2.41. The molecule has 1 aromatic rings. The van der Waals surface area contributed by atoms with Crippen LogP contribution in [0.5, 0.6) is 5.75 Å². The van der Waals surface area contributed by atoms with E-state index in [1.54, 1.807) is 12.1 Å². The summed E-state index contributed by atoms with van der Waals surface area (Å²) in [5.74, 6) is 0.332. The number of hydrogen-bond acceptors (Lipinski definition) is 1. The van der Waals surface area contributed by atoms with Crippen molar-refractivity contribution in [2.45, 2.75) is 13.3 Å². The van der Waals surface area contributed by atoms with Crippen LogP contribution in [0.25, 0.3) is 0 Å². The van der Waals surface area contributed by atoms with E-state index in [1.807, 2.05) is 12.1 Å². The van der Waals surface area contributed by atoms with E-state index in [-0.39, 0.29) is 0 Å². The summed E-state index contributed by atoms with van der Waals surface area (Å²) in [6.45, 7) is 4.22. The number of nitrogens with one attached hydrogen (secondary N) is 1. The van der Waals surface area contributed by atoms with Crippen LogP contribution in [0.15, 0.2) is 24.3 Å². The summed E-state index contributed by atoms with van der Waals surface area (Å²) in [5, 5.41) is 9.06. The highest BCUT2D eigenvalue weighted by atomic mass is 16.3. The van der Waals surface area contributed by atoms with Gasteiger partial charge in [0.05, 0.1) is 13.1 Å². The van der Waals surface area contributed by atoms with Crippen molar-refractivity contribution in [2.24, 2.45) is 0 Å². The molecule has 0 bridgehead atoms. The van der Waals surface area contributed by atoms with E-state index < -0.39 is 0 Å². The summed E-state index contributed by atoms with van der Waals surface area (Å²) in [5.41, 5.74) is 1.26. The molecule has 0 spiro atoms. The van der Waals surface area contributed by atoms with E-state index >= 15 is 0 Å². The molecule has 1 rings (SSSR count). The summed E-state index contributed by atoms with van der Waals surface area (Å²) in [6.07, 6.45) is 1.02. The molecule has 0 aromatic heterocycles. The fourth-order valence-corrected chi connectivity index (χ4v) is 1.16. The van der Waals surface area contributed by atoms with Crippen LogP contribution in [0, 0.1) is 7.05 Å². The van der Waals surface area contributed by atoms with Gasteiger partial charge in [-0.2, -0.15) is 7.05 Å². The normalized spacial score (nSPS) is 12.8. The third-order valence-corrected chi connectivity index (χ3v) is 2.20. The van der Waals surface area contributed by atoms with Gasteiger partial charge in [-0.1, -0.05) is 12.1 Å². The number of aromatic hydroxyl groups is 1. The summed E-state index contributed by atoms with van der Waals surface area (Å²) in [4.78, 5) is 1.29. The lowest BCUT2D eigenvalue weighted by Crippen LogP contribution is -3.06. The van der Waals surface area contributed by atoms with Crippen LogP contribution in [-0.2, 0) is 6.42 Å². The van der Waals surface area contributed by atoms with Gasteiger partial charge in [-0.05, 0) is 24.6 Å². The molecular weight excluding hydrogens is 162 g/mol. The first-order chi connectivity index (χ1) is 6.22. The van der Waals surface area contributed by atoms with Crippen LogP contribution in [0.1, 0.15) is 12.5 Å². The van der Waals surface area contributed by atoms with Crippen molar-refractivity contribution in [3.63, 3.8) is 0 Å². The van der Waals surface area contributed by atoms with E-state index in [0.29, 0.717) is 5.75 Å². The van der Waals surface area contributed by atoms with Gasteiger partial charge in [0.25, 0.3) is 0 Å². The van der Waals surface area contributed by atoms with Crippen molar-refractivity contribution < 1.29 is 10.0 Å². The van der Waals surface area contributed by atoms with Gasteiger partial charge in [0.2, 0.25) is 0 Å². The zero-order chi connectivity index (χ0) is 9.68. The Bertz CT molecular complexity index is 243. The van der Waals surface area contributed by atoms with Crippen LogP contribution >= 0.6 is 0 Å². The van der Waals surface area contributed by atoms with Gasteiger partial charge < -0.3 is 10.0 Å². The monoisotopic (exact) mass is 179 g/mol. The van der Waals surface area contributed by atoms with Crippen LogP contribution in [0.2, 0.25) is 0 Å². The minimum Gasteiger partial charge on any atom is -0.508 e. The maximum absolute atomic E-state index is 9.06. The van der Waals surface area contributed by atoms with E-state index in [4.69, 9.17) is 5.11 Å². The Hall–Kier alpha value is -1.02. The molecule has 0 fully saturated rings. The molecule has 0 aliphatic rings. The molecular formula is C11H17NO. The van der Waals surface area contributed by atoms with E-state index in [1.165, 1.54) is 10.5 Å². The predicted octanol–water partition coefficient (Wildman–Crippen LogP) is 0.631. The molecule has 0 amide bonds. The quantitative estimate of drug-likeness (QED) is 0.651. The molecule has 2 heteroatoms. The molecule has 2 N–H and O–H groups in total. The number of rotatable bonds is 4. The Morgan fingerprint density at radius 2 is 1.92 bits per heavy atom. The molecule has 1 aromatic carbocycles. The van der Waals surface area contributed by atoms with E-state index in [9.17, 15) is 0 Å². The second kappa shape index (κ2) is 4.87. The third kappa shape index (κ3) is 3.47. The molecule has 0 heterocycles. The third-order valence-electron chi connectivity index (χ3n) is 2.20. The van der Waals surface area contributed by atoms with E-state index in [0.717, 1.165) is 19.5 Å². The standard InChI is InChI=1S/C11H17NO/c1-3-12(2)9-8-10-4-6-11(13)7-5-10/h4-7,12-13H,2-3,8-9H2,1H3. The van der Waals surface area contributed by atoms with Gasteiger partial charge in [-0.15, -0.1) is 0 Å². The molecule has 0 aliphatic heterocycles. The molecule has 2 nitrogen and oxygen atoms in total. The van der Waals surface area contributed by atoms with Gasteiger partial charge in [-0.3, -0.25) is 0 Å². The second-order valence-corrected chi connectivity index (χ2v) is 3.27. The maximum Gasteiger partial charge on any atom is 0.115 e. The topological polar surface area (TPSA) is 24.7 Å². The van der Waals surface area contributed by atoms with E-state index in [2.05, 4.69) is 14.0 Å². The smallest absolute Gasteiger partial charge is 0.115 e. The van der Waals surface area contributed by atoms with Gasteiger partial charge in [0.15, 0.2) is 0 Å². The summed E-state index contributed by atoms with van der Waals surface area (Å²) in [7, 11) is 3.96. The first-order valence-corrected chi connectivity index (χ1v) is 4.67. The molecule has 1 unspecified atom stereocenters. The molecule has 0 aliphatic carbocycles. The molecule has 0 saturated carbocycles. The Kier molecular flexibility index (Phi) is 3.77. The van der Waals surface area contributed by atoms with Crippen molar-refractivity contribution in [1.82, 2.24) is 0 Å². The number of likely N-dealkylation sites (N-methyl/N-ethyl adjacent to an activating group) is 1. The fourth-order valence-electron chi connectivity index (χ4n) is 1.16. The van der Waals surface area contributed by atoms with Gasteiger partial charge in [0.1, 0.15) is 5.75 Å². The second-order valence-electron chi connectivity index (χ2n) is 3.27. The highest BCUT2D eigenvalue weighted by Crippen LogP contribution is 2.09. The predicted molar refractivity (Wildman–Crippen MR) is 53.5 cm³/mol. The zero-order valence-electron chi connectivity index (χ0n) is 8.09. The summed E-state index contributed by atoms with van der Waals surface area (Å²) >= 11 is 0. The number of hydrogen-bond donors (Lipinski definition) is 2. The highest BCUT2D eigenvalue weighted by molar-refractivity contribution is 5.25. The van der Waals surface area contributed by atoms with Crippen molar-refractivity contribution in [2.75, 3.05) is 13.1 Å². The average Bonchev–Trinajstić information content (AvgIpc) is 2.16.